The van der Waals surface area contributed by atoms with Crippen LogP contribution in [0.15, 0.2) is 24.3 Å². The molecule has 0 N–H and O–H groups in total. The van der Waals surface area contributed by atoms with E-state index in [1.807, 2.05) is 30.1 Å². The first kappa shape index (κ1) is 11.8. The third-order valence-electron chi connectivity index (χ3n) is 2.23. The number of aromatic nitrogens is 2. The minimum Gasteiger partial charge on any atom is -0.368 e. The van der Waals surface area contributed by atoms with E-state index >= 15 is 0 Å². The van der Waals surface area contributed by atoms with Gasteiger partial charge in [-0.25, -0.2) is 0 Å². The molecule has 2 aromatic rings. The maximum absolute atomic E-state index is 8.83. The smallest absolute Gasteiger partial charge is 0.207 e. The highest BCUT2D eigenvalue weighted by Gasteiger charge is 2.07. The molecule has 6 heteroatoms. The lowest BCUT2D eigenvalue weighted by atomic mass is 10.2. The van der Waals surface area contributed by atoms with Gasteiger partial charge in [-0.05, 0) is 29.8 Å². The number of anilines is 1. The number of nitrogens with zero attached hydrogens (tertiary/aromatic N) is 4. The minimum absolute atomic E-state index is 0.444. The predicted octanol–water partition coefficient (Wildman–Crippen LogP) is 2.70. The van der Waals surface area contributed by atoms with Gasteiger partial charge in [0, 0.05) is 12.7 Å². The lowest BCUT2D eigenvalue weighted by Gasteiger charge is -2.17. The molecule has 0 fully saturated rings. The molecular weight excluding hydrogens is 256 g/mol. The van der Waals surface area contributed by atoms with Crippen molar-refractivity contribution in [2.45, 2.75) is 6.54 Å². The van der Waals surface area contributed by atoms with Gasteiger partial charge in [0.2, 0.25) is 4.47 Å². The van der Waals surface area contributed by atoms with Crippen LogP contribution in [-0.2, 0) is 6.54 Å². The van der Waals surface area contributed by atoms with Crippen molar-refractivity contribution < 1.29 is 0 Å². The fraction of sp³-hybridized carbons (Fsp3) is 0.182. The number of benzene rings is 1. The largest absolute Gasteiger partial charge is 0.368 e. The van der Waals surface area contributed by atoms with Crippen LogP contribution in [0, 0.1) is 11.3 Å². The summed E-state index contributed by atoms with van der Waals surface area (Å²) in [4.78, 5) is 2.00. The van der Waals surface area contributed by atoms with Crippen molar-refractivity contribution in [3.8, 4) is 6.07 Å². The molecule has 1 aromatic heterocycles. The Balaban J connectivity index is 2.14. The Morgan fingerprint density at radius 2 is 2.29 bits per heavy atom. The van der Waals surface area contributed by atoms with E-state index in [1.54, 1.807) is 6.07 Å². The van der Waals surface area contributed by atoms with E-state index in [4.69, 9.17) is 16.9 Å². The fourth-order valence-electron chi connectivity index (χ4n) is 1.40. The molecule has 2 rings (SSSR count). The average molecular weight is 265 g/mol. The Morgan fingerprint density at radius 3 is 2.94 bits per heavy atom. The topological polar surface area (TPSA) is 52.8 Å². The highest BCUT2D eigenvalue weighted by atomic mass is 35.5. The lowest BCUT2D eigenvalue weighted by Crippen LogP contribution is -2.16. The molecule has 0 aliphatic carbocycles. The Kier molecular flexibility index (Phi) is 3.57. The zero-order valence-electron chi connectivity index (χ0n) is 9.09. The molecule has 1 aromatic carbocycles. The molecule has 0 unspecified atom stereocenters. The maximum Gasteiger partial charge on any atom is 0.207 e. The van der Waals surface area contributed by atoms with E-state index in [-0.39, 0.29) is 0 Å². The second-order valence-corrected chi connectivity index (χ2v) is 5.11. The third kappa shape index (κ3) is 2.93. The van der Waals surface area contributed by atoms with Crippen LogP contribution in [-0.4, -0.2) is 17.2 Å². The highest BCUT2D eigenvalue weighted by Crippen LogP contribution is 2.20. The van der Waals surface area contributed by atoms with E-state index < -0.39 is 0 Å². The molecule has 0 bridgehead atoms. The van der Waals surface area contributed by atoms with Gasteiger partial charge in [0.15, 0.2) is 0 Å². The summed E-state index contributed by atoms with van der Waals surface area (Å²) in [6.45, 7) is 0.624. The standard InChI is InChI=1S/C11H9ClN4S/c1-16(7-10-14-15-11(12)17-10)9-4-2-3-8(5-9)6-13/h2-5H,7H2,1H3. The van der Waals surface area contributed by atoms with E-state index in [2.05, 4.69) is 16.3 Å². The first-order valence-electron chi connectivity index (χ1n) is 4.88. The summed E-state index contributed by atoms with van der Waals surface area (Å²) in [5.41, 5.74) is 1.61. The summed E-state index contributed by atoms with van der Waals surface area (Å²) >= 11 is 7.08. The van der Waals surface area contributed by atoms with E-state index in [0.29, 0.717) is 16.6 Å². The first-order chi connectivity index (χ1) is 8.19. The van der Waals surface area contributed by atoms with E-state index in [9.17, 15) is 0 Å². The molecule has 0 atom stereocenters. The predicted molar refractivity (Wildman–Crippen MR) is 68.2 cm³/mol. The van der Waals surface area contributed by atoms with Gasteiger partial charge in [-0.2, -0.15) is 5.26 Å². The third-order valence-corrected chi connectivity index (χ3v) is 3.23. The minimum atomic E-state index is 0.444. The van der Waals surface area contributed by atoms with Crippen LogP contribution < -0.4 is 4.90 Å². The van der Waals surface area contributed by atoms with Crippen molar-refractivity contribution in [2.75, 3.05) is 11.9 Å². The molecule has 0 saturated heterocycles. The van der Waals surface area contributed by atoms with Crippen molar-refractivity contribution in [2.24, 2.45) is 0 Å². The number of hydrogen-bond acceptors (Lipinski definition) is 5. The van der Waals surface area contributed by atoms with Gasteiger partial charge in [0.05, 0.1) is 18.2 Å². The molecule has 1 heterocycles. The van der Waals surface area contributed by atoms with Gasteiger partial charge in [0.1, 0.15) is 5.01 Å². The van der Waals surface area contributed by atoms with Crippen molar-refractivity contribution >= 4 is 28.6 Å². The van der Waals surface area contributed by atoms with E-state index in [1.165, 1.54) is 11.3 Å². The summed E-state index contributed by atoms with van der Waals surface area (Å²) in [6, 6.07) is 9.54. The first-order valence-corrected chi connectivity index (χ1v) is 6.07. The fourth-order valence-corrected chi connectivity index (χ4v) is 2.32. The molecule has 0 amide bonds. The van der Waals surface area contributed by atoms with Crippen LogP contribution in [0.3, 0.4) is 0 Å². The molecule has 17 heavy (non-hydrogen) atoms. The van der Waals surface area contributed by atoms with Crippen LogP contribution in [0.5, 0.6) is 0 Å². The number of halogens is 1. The zero-order valence-corrected chi connectivity index (χ0v) is 10.7. The maximum atomic E-state index is 8.83. The summed E-state index contributed by atoms with van der Waals surface area (Å²) in [5, 5.41) is 17.4. The van der Waals surface area contributed by atoms with Gasteiger partial charge in [-0.3, -0.25) is 0 Å². The Bertz CT molecular complexity index is 561. The quantitative estimate of drug-likeness (QED) is 0.855. The Labute approximate surface area is 108 Å². The Hall–Kier alpha value is -1.64. The molecule has 4 nitrogen and oxygen atoms in total. The van der Waals surface area contributed by atoms with Gasteiger partial charge in [-0.1, -0.05) is 17.4 Å². The average Bonchev–Trinajstić information content (AvgIpc) is 2.75. The molecule has 86 valence electrons. The SMILES string of the molecule is CN(Cc1nnc(Cl)s1)c1cccc(C#N)c1. The second-order valence-electron chi connectivity index (χ2n) is 3.47. The molecule has 0 radical (unpaired) electrons. The van der Waals surface area contributed by atoms with Gasteiger partial charge >= 0.3 is 0 Å². The van der Waals surface area contributed by atoms with E-state index in [0.717, 1.165) is 10.7 Å². The van der Waals surface area contributed by atoms with Crippen molar-refractivity contribution in [3.63, 3.8) is 0 Å². The van der Waals surface area contributed by atoms with Crippen molar-refractivity contribution in [1.29, 1.82) is 5.26 Å². The normalized spacial score (nSPS) is 9.94. The van der Waals surface area contributed by atoms with Gasteiger partial charge < -0.3 is 4.90 Å². The monoisotopic (exact) mass is 264 g/mol. The van der Waals surface area contributed by atoms with Gasteiger partial charge in [-0.15, -0.1) is 10.2 Å². The van der Waals surface area contributed by atoms with Crippen LogP contribution >= 0.6 is 22.9 Å². The highest BCUT2D eigenvalue weighted by molar-refractivity contribution is 7.15. The number of hydrogen-bond donors (Lipinski definition) is 0. The second kappa shape index (κ2) is 5.13. The van der Waals surface area contributed by atoms with Crippen LogP contribution in [0.25, 0.3) is 0 Å². The number of rotatable bonds is 3. The van der Waals surface area contributed by atoms with Crippen LogP contribution in [0.1, 0.15) is 10.6 Å². The van der Waals surface area contributed by atoms with Crippen molar-refractivity contribution in [1.82, 2.24) is 10.2 Å². The zero-order chi connectivity index (χ0) is 12.3. The molecule has 0 spiro atoms. The molecule has 0 aliphatic heterocycles. The van der Waals surface area contributed by atoms with Gasteiger partial charge in [0.25, 0.3) is 0 Å². The summed E-state index contributed by atoms with van der Waals surface area (Å²) in [5.74, 6) is 0. The lowest BCUT2D eigenvalue weighted by molar-refractivity contribution is 0.880. The Morgan fingerprint density at radius 1 is 1.47 bits per heavy atom. The number of nitriles is 1. The summed E-state index contributed by atoms with van der Waals surface area (Å²) in [6.07, 6.45) is 0. The van der Waals surface area contributed by atoms with Crippen molar-refractivity contribution in [3.05, 3.63) is 39.3 Å². The molecular formula is C11H9ClN4S. The summed E-state index contributed by atoms with van der Waals surface area (Å²) < 4.78 is 0.444. The molecule has 0 aliphatic rings. The summed E-state index contributed by atoms with van der Waals surface area (Å²) in [7, 11) is 1.94. The molecule has 0 saturated carbocycles. The van der Waals surface area contributed by atoms with Crippen LogP contribution in [0.2, 0.25) is 4.47 Å². The van der Waals surface area contributed by atoms with Crippen LogP contribution in [0.4, 0.5) is 5.69 Å².